The molecular formula is C7H13Br2NSi. The first kappa shape index (κ1) is 11.7. The van der Waals surface area contributed by atoms with Gasteiger partial charge in [0.1, 0.15) is 0 Å². The second-order valence-corrected chi connectivity index (χ2v) is 17.6. The quantitative estimate of drug-likeness (QED) is 0.428. The first-order valence-corrected chi connectivity index (χ1v) is 10.8. The summed E-state index contributed by atoms with van der Waals surface area (Å²) in [6.07, 6.45) is 2.93. The highest BCUT2D eigenvalue weighted by atomic mass is 79.9. The van der Waals surface area contributed by atoms with Crippen LogP contribution in [0.5, 0.6) is 0 Å². The summed E-state index contributed by atoms with van der Waals surface area (Å²) in [5, 5.41) is 7.06. The maximum Gasteiger partial charge on any atom is 0.201 e. The van der Waals surface area contributed by atoms with Gasteiger partial charge in [-0.15, -0.1) is 30.6 Å². The van der Waals surface area contributed by atoms with Gasteiger partial charge < -0.3 is 0 Å². The predicted molar refractivity (Wildman–Crippen MR) is 58.4 cm³/mol. The topological polar surface area (TPSA) is 23.8 Å². The van der Waals surface area contributed by atoms with E-state index in [-0.39, 0.29) is 0 Å². The minimum atomic E-state index is -1.27. The Morgan fingerprint density at radius 2 is 2.00 bits per heavy atom. The van der Waals surface area contributed by atoms with Crippen molar-refractivity contribution in [1.82, 2.24) is 0 Å². The summed E-state index contributed by atoms with van der Waals surface area (Å²) < 4.78 is 0. The molecule has 0 atom stereocenters. The summed E-state index contributed by atoms with van der Waals surface area (Å²) in [4.78, 5) is 0. The third-order valence-electron chi connectivity index (χ3n) is 1.45. The van der Waals surface area contributed by atoms with E-state index in [1.54, 1.807) is 0 Å². The van der Waals surface area contributed by atoms with E-state index in [1.807, 2.05) is 0 Å². The highest BCUT2D eigenvalue weighted by Crippen LogP contribution is 2.32. The molecule has 0 aliphatic rings. The van der Waals surface area contributed by atoms with Crippen molar-refractivity contribution in [2.75, 3.05) is 0 Å². The molecule has 0 rings (SSSR count). The van der Waals surface area contributed by atoms with Crippen LogP contribution in [0.25, 0.3) is 0 Å². The molecule has 0 amide bonds. The van der Waals surface area contributed by atoms with E-state index in [4.69, 9.17) is 5.26 Å². The van der Waals surface area contributed by atoms with E-state index < -0.39 is 5.31 Å². The number of unbranched alkanes of at least 4 members (excludes halogenated alkanes) is 1. The minimum absolute atomic E-state index is 0.690. The van der Waals surface area contributed by atoms with Crippen LogP contribution >= 0.6 is 30.6 Å². The minimum Gasteiger partial charge on any atom is -0.198 e. The lowest BCUT2D eigenvalue weighted by Gasteiger charge is -2.14. The molecule has 4 heteroatoms. The molecule has 0 N–H and O–H groups in total. The molecule has 0 saturated carbocycles. The van der Waals surface area contributed by atoms with Crippen LogP contribution in [0.1, 0.15) is 26.2 Å². The van der Waals surface area contributed by atoms with Crippen LogP contribution in [0.2, 0.25) is 12.1 Å². The molecule has 0 saturated heterocycles. The largest absolute Gasteiger partial charge is 0.201 e. The fourth-order valence-electron chi connectivity index (χ4n) is 0.917. The van der Waals surface area contributed by atoms with Gasteiger partial charge in [-0.1, -0.05) is 13.3 Å². The zero-order chi connectivity index (χ0) is 8.74. The molecule has 0 aliphatic carbocycles. The molecular weight excluding hydrogens is 286 g/mol. The zero-order valence-corrected chi connectivity index (χ0v) is 10.9. The molecule has 11 heavy (non-hydrogen) atoms. The SMILES string of the molecule is CCC[Si](Br)(Br)CCCC#N. The summed E-state index contributed by atoms with van der Waals surface area (Å²) in [6.45, 7) is 2.19. The molecule has 1 nitrogen and oxygen atoms in total. The Bertz CT molecular complexity index is 142. The second-order valence-electron chi connectivity index (χ2n) is 2.62. The molecule has 64 valence electrons. The highest BCUT2D eigenvalue weighted by molar-refractivity contribution is 9.51. The highest BCUT2D eigenvalue weighted by Gasteiger charge is 2.23. The van der Waals surface area contributed by atoms with Crippen molar-refractivity contribution in [2.45, 2.75) is 38.3 Å². The van der Waals surface area contributed by atoms with Crippen molar-refractivity contribution in [3.63, 3.8) is 0 Å². The fraction of sp³-hybridized carbons (Fsp3) is 0.857. The molecule has 0 fully saturated rings. The number of nitriles is 1. The van der Waals surface area contributed by atoms with Gasteiger partial charge in [-0.2, -0.15) is 5.26 Å². The fourth-order valence-corrected chi connectivity index (χ4v) is 6.65. The van der Waals surface area contributed by atoms with E-state index in [2.05, 4.69) is 43.6 Å². The van der Waals surface area contributed by atoms with Gasteiger partial charge in [-0.05, 0) is 18.5 Å². The number of rotatable bonds is 5. The van der Waals surface area contributed by atoms with Crippen molar-refractivity contribution < 1.29 is 0 Å². The zero-order valence-electron chi connectivity index (χ0n) is 6.74. The van der Waals surface area contributed by atoms with Crippen LogP contribution in [-0.4, -0.2) is 5.31 Å². The Kier molecular flexibility index (Phi) is 6.59. The number of hydrogen-bond donors (Lipinski definition) is 0. The third kappa shape index (κ3) is 7.04. The second kappa shape index (κ2) is 6.21. The van der Waals surface area contributed by atoms with Crippen LogP contribution < -0.4 is 0 Å². The van der Waals surface area contributed by atoms with E-state index >= 15 is 0 Å². The third-order valence-corrected chi connectivity index (χ3v) is 8.52. The summed E-state index contributed by atoms with van der Waals surface area (Å²) in [5.41, 5.74) is 0. The van der Waals surface area contributed by atoms with Gasteiger partial charge in [0.15, 0.2) is 0 Å². The van der Waals surface area contributed by atoms with Gasteiger partial charge in [0.05, 0.1) is 6.07 Å². The van der Waals surface area contributed by atoms with E-state index in [1.165, 1.54) is 12.5 Å². The summed E-state index contributed by atoms with van der Waals surface area (Å²) in [6, 6.07) is 4.57. The Hall–Kier alpha value is 0.667. The monoisotopic (exact) mass is 297 g/mol. The van der Waals surface area contributed by atoms with Crippen LogP contribution in [-0.2, 0) is 0 Å². The Morgan fingerprint density at radius 1 is 1.36 bits per heavy atom. The van der Waals surface area contributed by atoms with Crippen LogP contribution in [0.3, 0.4) is 0 Å². The lowest BCUT2D eigenvalue weighted by molar-refractivity contribution is 0.943. The molecule has 0 aliphatic heterocycles. The maximum atomic E-state index is 8.33. The van der Waals surface area contributed by atoms with Crippen LogP contribution in [0, 0.1) is 11.3 Å². The van der Waals surface area contributed by atoms with Crippen molar-refractivity contribution in [1.29, 1.82) is 5.26 Å². The maximum absolute atomic E-state index is 8.33. The first-order valence-electron chi connectivity index (χ1n) is 3.87. The normalized spacial score (nSPS) is 11.1. The standard InChI is InChI=1S/C7H13Br2NSi/c1-2-6-11(8,9)7-4-3-5-10/h2-4,6-7H2,1H3. The molecule has 0 unspecified atom stereocenters. The molecule has 0 spiro atoms. The van der Waals surface area contributed by atoms with E-state index in [0.29, 0.717) is 6.42 Å². The van der Waals surface area contributed by atoms with Gasteiger partial charge >= 0.3 is 0 Å². The summed E-state index contributed by atoms with van der Waals surface area (Å²) in [5.74, 6) is 0. The lowest BCUT2D eigenvalue weighted by Crippen LogP contribution is -2.15. The average molecular weight is 299 g/mol. The first-order chi connectivity index (χ1) is 5.12. The van der Waals surface area contributed by atoms with Crippen molar-refractivity contribution >= 4 is 35.9 Å². The Balaban J connectivity index is 3.48. The molecule has 0 bridgehead atoms. The predicted octanol–water partition coefficient (Wildman–Crippen LogP) is 3.93. The van der Waals surface area contributed by atoms with Crippen molar-refractivity contribution in [2.24, 2.45) is 0 Å². The number of hydrogen-bond acceptors (Lipinski definition) is 1. The molecule has 0 aromatic heterocycles. The van der Waals surface area contributed by atoms with Gasteiger partial charge in [0.25, 0.3) is 0 Å². The van der Waals surface area contributed by atoms with E-state index in [9.17, 15) is 0 Å². The molecule has 0 aromatic rings. The average Bonchev–Trinajstić information content (AvgIpc) is 1.87. The molecule has 0 aromatic carbocycles. The summed E-state index contributed by atoms with van der Waals surface area (Å²) >= 11 is 7.44. The molecule has 0 heterocycles. The number of nitrogens with zero attached hydrogens (tertiary/aromatic N) is 1. The lowest BCUT2D eigenvalue weighted by atomic mass is 10.4. The van der Waals surface area contributed by atoms with Gasteiger partial charge in [-0.3, -0.25) is 0 Å². The number of halogens is 2. The smallest absolute Gasteiger partial charge is 0.198 e. The van der Waals surface area contributed by atoms with Gasteiger partial charge in [-0.25, -0.2) is 0 Å². The Labute approximate surface area is 85.3 Å². The van der Waals surface area contributed by atoms with Crippen molar-refractivity contribution in [3.05, 3.63) is 0 Å². The van der Waals surface area contributed by atoms with E-state index in [0.717, 1.165) is 12.5 Å². The summed E-state index contributed by atoms with van der Waals surface area (Å²) in [7, 11) is 0. The van der Waals surface area contributed by atoms with Gasteiger partial charge in [0, 0.05) is 6.42 Å². The van der Waals surface area contributed by atoms with Gasteiger partial charge in [0.2, 0.25) is 5.31 Å². The Morgan fingerprint density at radius 3 is 2.45 bits per heavy atom. The van der Waals surface area contributed by atoms with Crippen molar-refractivity contribution in [3.8, 4) is 6.07 Å². The molecule has 0 radical (unpaired) electrons. The van der Waals surface area contributed by atoms with Crippen LogP contribution in [0.4, 0.5) is 0 Å². The van der Waals surface area contributed by atoms with Crippen LogP contribution in [0.15, 0.2) is 0 Å².